The predicted octanol–water partition coefficient (Wildman–Crippen LogP) is 11.8. The van der Waals surface area contributed by atoms with Crippen molar-refractivity contribution >= 4 is 0 Å². The van der Waals surface area contributed by atoms with Crippen LogP contribution in [0.1, 0.15) is 154 Å². The molecule has 0 heteroatoms. The summed E-state index contributed by atoms with van der Waals surface area (Å²) in [6, 6.07) is 0. The van der Waals surface area contributed by atoms with Crippen LogP contribution < -0.4 is 0 Å². The van der Waals surface area contributed by atoms with Crippen molar-refractivity contribution < 1.29 is 0 Å². The molecule has 0 N–H and O–H groups in total. The van der Waals surface area contributed by atoms with Crippen LogP contribution in [0.5, 0.6) is 0 Å². The fourth-order valence-electron chi connectivity index (χ4n) is 11.0. The summed E-state index contributed by atoms with van der Waals surface area (Å²) < 4.78 is 0. The Morgan fingerprint density at radius 1 is 0.125 bits per heavy atom. The zero-order chi connectivity index (χ0) is 26.2. The highest BCUT2D eigenvalue weighted by Gasteiger charge is 2.36. The third kappa shape index (κ3) is 3.63. The lowest BCUT2D eigenvalue weighted by Crippen LogP contribution is -2.21. The molecule has 40 heavy (non-hydrogen) atoms. The number of hydrogen-bond donors (Lipinski definition) is 0. The van der Waals surface area contributed by atoms with E-state index >= 15 is 0 Å². The van der Waals surface area contributed by atoms with E-state index in [1.807, 2.05) is 89.2 Å². The average molecular weight is 529 g/mol. The van der Waals surface area contributed by atoms with E-state index in [2.05, 4.69) is 0 Å². The largest absolute Gasteiger partial charge is 0.0451 e. The van der Waals surface area contributed by atoms with Crippen molar-refractivity contribution in [1.29, 1.82) is 0 Å². The lowest BCUT2D eigenvalue weighted by Gasteiger charge is -2.40. The van der Waals surface area contributed by atoms with Gasteiger partial charge in [0.25, 0.3) is 0 Å². The first kappa shape index (κ1) is 24.5. The predicted molar refractivity (Wildman–Crippen MR) is 167 cm³/mol. The highest BCUT2D eigenvalue weighted by atomic mass is 14.4. The Morgan fingerprint density at radius 3 is 0.275 bits per heavy atom. The maximum atomic E-state index is 1.86. The SMILES string of the molecule is C1CC2=C3CCCC4=C(C1)C1=C4CCCC4=C(CCC1)C1=C4CCCC4=C(CCC1)C1=C4CCCC3=C2CCC1. The second kappa shape index (κ2) is 9.74. The van der Waals surface area contributed by atoms with Gasteiger partial charge < -0.3 is 0 Å². The molecule has 8 rings (SSSR count). The van der Waals surface area contributed by atoms with Gasteiger partial charge in [-0.2, -0.15) is 0 Å². The first-order valence-corrected chi connectivity index (χ1v) is 17.7. The van der Waals surface area contributed by atoms with Gasteiger partial charge in [0.1, 0.15) is 0 Å². The smallest absolute Gasteiger partial charge is 0.0270 e. The Morgan fingerprint density at radius 2 is 0.200 bits per heavy atom. The summed E-state index contributed by atoms with van der Waals surface area (Å²) in [7, 11) is 0. The molecule has 0 aromatic carbocycles. The van der Waals surface area contributed by atoms with Gasteiger partial charge in [0.2, 0.25) is 0 Å². The molecule has 0 saturated carbocycles. The van der Waals surface area contributed by atoms with Crippen molar-refractivity contribution in [2.75, 3.05) is 0 Å². The lowest BCUT2D eigenvalue weighted by molar-refractivity contribution is 0.611. The molecular weight excluding hydrogens is 480 g/mol. The summed E-state index contributed by atoms with van der Waals surface area (Å²) in [4.78, 5) is 0. The van der Waals surface area contributed by atoms with Crippen molar-refractivity contribution in [3.63, 3.8) is 0 Å². The summed E-state index contributed by atoms with van der Waals surface area (Å²) in [6.45, 7) is 0. The number of rotatable bonds is 0. The molecule has 8 aliphatic carbocycles. The van der Waals surface area contributed by atoms with Gasteiger partial charge in [-0.3, -0.25) is 0 Å². The number of allylic oxidation sites excluding steroid dienone is 16. The second-order valence-electron chi connectivity index (χ2n) is 14.5. The van der Waals surface area contributed by atoms with Gasteiger partial charge in [-0.05, 0) is 243 Å². The summed E-state index contributed by atoms with van der Waals surface area (Å²) in [5, 5.41) is 0. The van der Waals surface area contributed by atoms with Crippen LogP contribution in [-0.2, 0) is 0 Å². The Bertz CT molecular complexity index is 985. The molecule has 0 amide bonds. The number of hydrogen-bond acceptors (Lipinski definition) is 0. The van der Waals surface area contributed by atoms with Crippen LogP contribution in [0.2, 0.25) is 0 Å². The normalized spacial score (nSPS) is 28.8. The summed E-state index contributed by atoms with van der Waals surface area (Å²) >= 11 is 0. The molecule has 0 nitrogen and oxygen atoms in total. The molecule has 0 heterocycles. The quantitative estimate of drug-likeness (QED) is 0.293. The minimum atomic E-state index is 1.37. The van der Waals surface area contributed by atoms with Crippen molar-refractivity contribution in [2.45, 2.75) is 154 Å². The number of fused-ring (bicyclic) bond motifs is 8. The van der Waals surface area contributed by atoms with Crippen LogP contribution in [0.3, 0.4) is 0 Å². The third-order valence-corrected chi connectivity index (χ3v) is 12.7. The molecule has 0 fully saturated rings. The molecule has 0 aromatic rings. The van der Waals surface area contributed by atoms with E-state index in [0.717, 1.165) is 0 Å². The fourth-order valence-corrected chi connectivity index (χ4v) is 11.0. The molecule has 0 saturated heterocycles. The van der Waals surface area contributed by atoms with Gasteiger partial charge in [-0.15, -0.1) is 0 Å². The second-order valence-corrected chi connectivity index (χ2v) is 14.5. The van der Waals surface area contributed by atoms with Gasteiger partial charge in [-0.25, -0.2) is 0 Å². The molecule has 208 valence electrons. The Hall–Kier alpha value is -2.08. The van der Waals surface area contributed by atoms with Gasteiger partial charge >= 0.3 is 0 Å². The molecule has 0 spiro atoms. The topological polar surface area (TPSA) is 0 Å². The van der Waals surface area contributed by atoms with E-state index in [4.69, 9.17) is 0 Å². The monoisotopic (exact) mass is 528 g/mol. The standard InChI is InChI=1S/C40H48/c1-9-25-27-11-2-12-28-26(10-1)30-14-4-18-34-36(20-6-16-32(28)30)40-24-8-23-39-35-19-5-15-31(27)29(25)13-3-17-33(35)37(39)21-7-22-38(34)40/h1-24H2. The van der Waals surface area contributed by atoms with Gasteiger partial charge in [0, 0.05) is 0 Å². The highest BCUT2D eigenvalue weighted by Crippen LogP contribution is 2.55. The first-order valence-electron chi connectivity index (χ1n) is 17.7. The molecule has 0 aromatic heterocycles. The fraction of sp³-hybridized carbons (Fsp3) is 0.600. The van der Waals surface area contributed by atoms with E-state index in [0.29, 0.717) is 0 Å². The van der Waals surface area contributed by atoms with E-state index in [1.54, 1.807) is 0 Å². The van der Waals surface area contributed by atoms with Crippen molar-refractivity contribution in [1.82, 2.24) is 0 Å². The van der Waals surface area contributed by atoms with Gasteiger partial charge in [0.05, 0.1) is 0 Å². The molecule has 0 atom stereocenters. The average Bonchev–Trinajstić information content (AvgIpc) is 2.94. The summed E-state index contributed by atoms with van der Waals surface area (Å²) in [6.07, 6.45) is 33.0. The van der Waals surface area contributed by atoms with Crippen LogP contribution in [0.15, 0.2) is 89.2 Å². The molecule has 0 radical (unpaired) electrons. The minimum Gasteiger partial charge on any atom is -0.0451 e. The van der Waals surface area contributed by atoms with Crippen LogP contribution in [0.4, 0.5) is 0 Å². The minimum absolute atomic E-state index is 1.37. The summed E-state index contributed by atoms with van der Waals surface area (Å²) in [5.74, 6) is 0. The Labute approximate surface area is 242 Å². The van der Waals surface area contributed by atoms with Crippen LogP contribution >= 0.6 is 0 Å². The molecule has 0 aliphatic heterocycles. The van der Waals surface area contributed by atoms with Crippen molar-refractivity contribution in [2.24, 2.45) is 0 Å². The van der Waals surface area contributed by atoms with E-state index in [9.17, 15) is 0 Å². The molecule has 8 aliphatic rings. The van der Waals surface area contributed by atoms with Crippen LogP contribution in [-0.4, -0.2) is 0 Å². The zero-order valence-corrected chi connectivity index (χ0v) is 25.0. The zero-order valence-electron chi connectivity index (χ0n) is 25.0. The van der Waals surface area contributed by atoms with Crippen molar-refractivity contribution in [3.05, 3.63) is 89.2 Å². The molecular formula is C40H48. The van der Waals surface area contributed by atoms with Crippen LogP contribution in [0.25, 0.3) is 0 Å². The Balaban J connectivity index is 1.08. The summed E-state index contributed by atoms with van der Waals surface area (Å²) in [5.41, 5.74) is 29.7. The van der Waals surface area contributed by atoms with Gasteiger partial charge in [-0.1, -0.05) is 0 Å². The van der Waals surface area contributed by atoms with Gasteiger partial charge in [0.15, 0.2) is 0 Å². The molecule has 0 bridgehead atoms. The third-order valence-electron chi connectivity index (χ3n) is 12.7. The van der Waals surface area contributed by atoms with E-state index < -0.39 is 0 Å². The maximum Gasteiger partial charge on any atom is -0.0270 e. The van der Waals surface area contributed by atoms with Crippen LogP contribution in [0, 0.1) is 0 Å². The van der Waals surface area contributed by atoms with E-state index in [-0.39, 0.29) is 0 Å². The highest BCUT2D eigenvalue weighted by molar-refractivity contribution is 5.65. The van der Waals surface area contributed by atoms with Crippen molar-refractivity contribution in [3.8, 4) is 0 Å². The van der Waals surface area contributed by atoms with E-state index in [1.165, 1.54) is 154 Å². The maximum absolute atomic E-state index is 1.86. The lowest BCUT2D eigenvalue weighted by atomic mass is 9.65. The molecule has 0 unspecified atom stereocenters. The Kier molecular flexibility index (Phi) is 5.97. The first-order chi connectivity index (χ1) is 19.9.